The fraction of sp³-hybridized carbons (Fsp3) is 0.286. The summed E-state index contributed by atoms with van der Waals surface area (Å²) < 4.78 is 5.60. The van der Waals surface area contributed by atoms with E-state index in [-0.39, 0.29) is 11.9 Å². The Bertz CT molecular complexity index is 628. The second-order valence-electron chi connectivity index (χ2n) is 4.60. The molecule has 2 aromatic heterocycles. The van der Waals surface area contributed by atoms with Gasteiger partial charge in [0.1, 0.15) is 17.2 Å². The first kappa shape index (κ1) is 12.2. The second-order valence-corrected chi connectivity index (χ2v) is 5.38. The number of amides is 1. The van der Waals surface area contributed by atoms with Crippen LogP contribution in [0.5, 0.6) is 0 Å². The van der Waals surface area contributed by atoms with Gasteiger partial charge in [-0.25, -0.2) is 5.01 Å². The quantitative estimate of drug-likeness (QED) is 0.843. The highest BCUT2D eigenvalue weighted by Gasteiger charge is 2.32. The molecule has 3 rings (SSSR count). The first-order chi connectivity index (χ1) is 9.15. The molecule has 2 aromatic rings. The van der Waals surface area contributed by atoms with Crippen LogP contribution in [0.3, 0.4) is 0 Å². The summed E-state index contributed by atoms with van der Waals surface area (Å²) in [6.07, 6.45) is 0.698. The molecule has 0 aliphatic carbocycles. The van der Waals surface area contributed by atoms with E-state index in [9.17, 15) is 4.79 Å². The minimum atomic E-state index is -0.0468. The molecule has 0 unspecified atom stereocenters. The molecular weight excluding hydrogens is 260 g/mol. The number of thiophene rings is 1. The molecule has 0 N–H and O–H groups in total. The maximum atomic E-state index is 11.7. The Balaban J connectivity index is 1.93. The molecule has 1 aliphatic heterocycles. The highest BCUT2D eigenvalue weighted by Crippen LogP contribution is 2.33. The molecule has 0 radical (unpaired) electrons. The average Bonchev–Trinajstić information content (AvgIpc) is 3.07. The third-order valence-electron chi connectivity index (χ3n) is 3.19. The topological polar surface area (TPSA) is 45.8 Å². The van der Waals surface area contributed by atoms with Gasteiger partial charge in [-0.2, -0.15) is 16.4 Å². The van der Waals surface area contributed by atoms with Gasteiger partial charge >= 0.3 is 0 Å². The number of carbonyl (C=O) groups excluding carboxylic acids is 1. The summed E-state index contributed by atoms with van der Waals surface area (Å²) in [5.74, 6) is 1.56. The highest BCUT2D eigenvalue weighted by molar-refractivity contribution is 7.08. The van der Waals surface area contributed by atoms with Crippen molar-refractivity contribution in [3.63, 3.8) is 0 Å². The summed E-state index contributed by atoms with van der Waals surface area (Å²) in [5, 5.41) is 10.0. The number of hydrogen-bond acceptors (Lipinski definition) is 4. The number of carbonyl (C=O) groups is 1. The average molecular weight is 274 g/mol. The standard InChI is InChI=1S/C14H14N2O2S/c1-9-3-4-14(18-9)12-7-13(11-5-6-19-8-11)16(15-12)10(2)17/h3-6,8,13H,7H2,1-2H3/t13-/m1/s1. The fourth-order valence-electron chi connectivity index (χ4n) is 2.26. The summed E-state index contributed by atoms with van der Waals surface area (Å²) >= 11 is 1.63. The molecule has 0 aromatic carbocycles. The van der Waals surface area contributed by atoms with E-state index in [4.69, 9.17) is 4.42 Å². The monoisotopic (exact) mass is 274 g/mol. The number of furan rings is 1. The third kappa shape index (κ3) is 2.21. The Morgan fingerprint density at radius 3 is 2.89 bits per heavy atom. The lowest BCUT2D eigenvalue weighted by molar-refractivity contribution is -0.130. The number of nitrogens with zero attached hydrogens (tertiary/aromatic N) is 2. The summed E-state index contributed by atoms with van der Waals surface area (Å²) in [6, 6.07) is 5.84. The van der Waals surface area contributed by atoms with Gasteiger partial charge in [0.15, 0.2) is 0 Å². The minimum absolute atomic E-state index is 0.0100. The van der Waals surface area contributed by atoms with E-state index in [1.54, 1.807) is 23.3 Å². The van der Waals surface area contributed by atoms with Crippen LogP contribution in [0, 0.1) is 6.92 Å². The van der Waals surface area contributed by atoms with Crippen molar-refractivity contribution in [2.45, 2.75) is 26.3 Å². The molecule has 0 spiro atoms. The summed E-state index contributed by atoms with van der Waals surface area (Å²) in [5.41, 5.74) is 1.96. The van der Waals surface area contributed by atoms with E-state index < -0.39 is 0 Å². The van der Waals surface area contributed by atoms with E-state index in [0.717, 1.165) is 22.8 Å². The smallest absolute Gasteiger partial charge is 0.240 e. The molecular formula is C14H14N2O2S. The van der Waals surface area contributed by atoms with E-state index in [1.165, 1.54) is 0 Å². The Hall–Kier alpha value is -1.88. The number of hydrogen-bond donors (Lipinski definition) is 0. The predicted molar refractivity (Wildman–Crippen MR) is 74.2 cm³/mol. The lowest BCUT2D eigenvalue weighted by Crippen LogP contribution is -2.23. The van der Waals surface area contributed by atoms with Crippen LogP contribution in [0.4, 0.5) is 0 Å². The second kappa shape index (κ2) is 4.66. The molecule has 0 fully saturated rings. The fourth-order valence-corrected chi connectivity index (χ4v) is 2.97. The molecule has 0 saturated carbocycles. The van der Waals surface area contributed by atoms with Gasteiger partial charge in [-0.3, -0.25) is 4.79 Å². The van der Waals surface area contributed by atoms with Crippen molar-refractivity contribution in [3.8, 4) is 0 Å². The van der Waals surface area contributed by atoms with Crippen molar-refractivity contribution in [3.05, 3.63) is 46.0 Å². The van der Waals surface area contributed by atoms with Crippen LogP contribution in [0.15, 0.2) is 38.5 Å². The van der Waals surface area contributed by atoms with Gasteiger partial charge in [0.05, 0.1) is 6.04 Å². The maximum Gasteiger partial charge on any atom is 0.240 e. The van der Waals surface area contributed by atoms with Crippen LogP contribution in [0.1, 0.15) is 36.5 Å². The van der Waals surface area contributed by atoms with Crippen LogP contribution < -0.4 is 0 Å². The first-order valence-electron chi connectivity index (χ1n) is 6.11. The maximum absolute atomic E-state index is 11.7. The van der Waals surface area contributed by atoms with Gasteiger partial charge < -0.3 is 4.42 Å². The van der Waals surface area contributed by atoms with Crippen molar-refractivity contribution in [1.82, 2.24) is 5.01 Å². The molecule has 1 aliphatic rings. The first-order valence-corrected chi connectivity index (χ1v) is 7.05. The molecule has 0 bridgehead atoms. The van der Waals surface area contributed by atoms with Crippen molar-refractivity contribution in [2.75, 3.05) is 0 Å². The van der Waals surface area contributed by atoms with Gasteiger partial charge in [-0.05, 0) is 41.4 Å². The Labute approximate surface area is 115 Å². The van der Waals surface area contributed by atoms with Gasteiger partial charge in [0, 0.05) is 13.3 Å². The van der Waals surface area contributed by atoms with E-state index >= 15 is 0 Å². The highest BCUT2D eigenvalue weighted by atomic mass is 32.1. The summed E-state index contributed by atoms with van der Waals surface area (Å²) in [4.78, 5) is 11.7. The van der Waals surface area contributed by atoms with Gasteiger partial charge in [0.25, 0.3) is 0 Å². The molecule has 0 saturated heterocycles. The molecule has 1 amide bonds. The zero-order valence-corrected chi connectivity index (χ0v) is 11.6. The Kier molecular flexibility index (Phi) is 2.98. The van der Waals surface area contributed by atoms with Gasteiger partial charge in [-0.1, -0.05) is 0 Å². The minimum Gasteiger partial charge on any atom is -0.460 e. The third-order valence-corrected chi connectivity index (χ3v) is 3.89. The number of aryl methyl sites for hydroxylation is 1. The van der Waals surface area contributed by atoms with Crippen LogP contribution in [-0.4, -0.2) is 16.6 Å². The molecule has 4 nitrogen and oxygen atoms in total. The predicted octanol–water partition coefficient (Wildman–Crippen LogP) is 3.35. The Morgan fingerprint density at radius 1 is 1.47 bits per heavy atom. The van der Waals surface area contributed by atoms with Crippen LogP contribution >= 0.6 is 11.3 Å². The molecule has 3 heterocycles. The van der Waals surface area contributed by atoms with Gasteiger partial charge in [0.2, 0.25) is 5.91 Å². The van der Waals surface area contributed by atoms with Crippen LogP contribution in [0.25, 0.3) is 0 Å². The largest absolute Gasteiger partial charge is 0.460 e. The lowest BCUT2D eigenvalue weighted by atomic mass is 10.0. The van der Waals surface area contributed by atoms with Crippen molar-refractivity contribution >= 4 is 23.0 Å². The van der Waals surface area contributed by atoms with E-state index in [2.05, 4.69) is 10.5 Å². The number of hydrazone groups is 1. The lowest BCUT2D eigenvalue weighted by Gasteiger charge is -2.18. The van der Waals surface area contributed by atoms with Crippen molar-refractivity contribution < 1.29 is 9.21 Å². The number of rotatable bonds is 2. The molecule has 1 atom stereocenters. The molecule has 19 heavy (non-hydrogen) atoms. The van der Waals surface area contributed by atoms with Crippen LogP contribution in [-0.2, 0) is 4.79 Å². The zero-order valence-electron chi connectivity index (χ0n) is 10.8. The Morgan fingerprint density at radius 2 is 2.32 bits per heavy atom. The van der Waals surface area contributed by atoms with Crippen molar-refractivity contribution in [2.24, 2.45) is 5.10 Å². The van der Waals surface area contributed by atoms with Crippen molar-refractivity contribution in [1.29, 1.82) is 0 Å². The SMILES string of the molecule is CC(=O)N1N=C(c2ccc(C)o2)C[C@@H]1c1ccsc1. The van der Waals surface area contributed by atoms with Gasteiger partial charge in [-0.15, -0.1) is 0 Å². The zero-order chi connectivity index (χ0) is 13.4. The van der Waals surface area contributed by atoms with Crippen LogP contribution in [0.2, 0.25) is 0 Å². The van der Waals surface area contributed by atoms with E-state index in [0.29, 0.717) is 6.42 Å². The summed E-state index contributed by atoms with van der Waals surface area (Å²) in [6.45, 7) is 3.44. The van der Waals surface area contributed by atoms with E-state index in [1.807, 2.05) is 30.5 Å². The molecule has 5 heteroatoms. The normalized spacial score (nSPS) is 18.7. The summed E-state index contributed by atoms with van der Waals surface area (Å²) in [7, 11) is 0. The molecule has 98 valence electrons.